The largest absolute Gasteiger partial charge is 0.384 e. The molecular weight excluding hydrogens is 256 g/mol. The van der Waals surface area contributed by atoms with E-state index in [1.54, 1.807) is 17.8 Å². The number of aromatic nitrogens is 2. The van der Waals surface area contributed by atoms with E-state index in [4.69, 9.17) is 5.73 Å². The minimum Gasteiger partial charge on any atom is -0.384 e. The number of anilines is 3. The Hall–Kier alpha value is -1.75. The molecule has 1 heterocycles. The van der Waals surface area contributed by atoms with Crippen molar-refractivity contribution in [3.8, 4) is 0 Å². The van der Waals surface area contributed by atoms with Gasteiger partial charge >= 0.3 is 0 Å². The van der Waals surface area contributed by atoms with Gasteiger partial charge in [0, 0.05) is 23.1 Å². The molecule has 0 unspecified atom stereocenters. The molecule has 0 spiro atoms. The van der Waals surface area contributed by atoms with Crippen LogP contribution in [-0.4, -0.2) is 16.2 Å². The van der Waals surface area contributed by atoms with E-state index in [-0.39, 0.29) is 0 Å². The number of nitrogen functional groups attached to an aromatic ring is 1. The molecule has 1 aromatic carbocycles. The Morgan fingerprint density at radius 2 is 2.11 bits per heavy atom. The van der Waals surface area contributed by atoms with Crippen LogP contribution < -0.4 is 11.1 Å². The van der Waals surface area contributed by atoms with Crippen molar-refractivity contribution in [2.75, 3.05) is 17.3 Å². The van der Waals surface area contributed by atoms with Gasteiger partial charge in [-0.2, -0.15) is 0 Å². The molecule has 0 bridgehead atoms. The van der Waals surface area contributed by atoms with E-state index in [1.807, 2.05) is 12.1 Å². The van der Waals surface area contributed by atoms with Crippen LogP contribution in [0.4, 0.5) is 17.3 Å². The molecule has 0 saturated heterocycles. The fourth-order valence-corrected chi connectivity index (χ4v) is 2.23. The van der Waals surface area contributed by atoms with Crippen molar-refractivity contribution >= 4 is 29.1 Å². The van der Waals surface area contributed by atoms with Gasteiger partial charge in [0.25, 0.3) is 0 Å². The SMILES string of the molecule is CCCc1nc(N)cc(Nc2cccc(SC)c2)n1. The van der Waals surface area contributed by atoms with Gasteiger partial charge in [-0.3, -0.25) is 0 Å². The van der Waals surface area contributed by atoms with Crippen LogP contribution in [0.25, 0.3) is 0 Å². The maximum absolute atomic E-state index is 5.80. The number of hydrogen-bond acceptors (Lipinski definition) is 5. The molecule has 100 valence electrons. The van der Waals surface area contributed by atoms with Crippen LogP contribution in [0, 0.1) is 0 Å². The second-order valence-electron chi connectivity index (χ2n) is 4.20. The molecule has 0 atom stereocenters. The number of thioether (sulfide) groups is 1. The second kappa shape index (κ2) is 6.43. The predicted molar refractivity (Wildman–Crippen MR) is 81.9 cm³/mol. The van der Waals surface area contributed by atoms with Crippen molar-refractivity contribution in [3.63, 3.8) is 0 Å². The van der Waals surface area contributed by atoms with Gasteiger partial charge in [0.2, 0.25) is 0 Å². The van der Waals surface area contributed by atoms with E-state index in [0.717, 1.165) is 30.2 Å². The first-order valence-electron chi connectivity index (χ1n) is 6.25. The highest BCUT2D eigenvalue weighted by atomic mass is 32.2. The molecule has 0 aliphatic carbocycles. The Bertz CT molecular complexity index is 557. The van der Waals surface area contributed by atoms with Gasteiger partial charge in [0.1, 0.15) is 17.5 Å². The van der Waals surface area contributed by atoms with Crippen LogP contribution in [0.5, 0.6) is 0 Å². The van der Waals surface area contributed by atoms with Crippen LogP contribution in [0.15, 0.2) is 35.2 Å². The summed E-state index contributed by atoms with van der Waals surface area (Å²) in [7, 11) is 0. The molecule has 0 radical (unpaired) electrons. The molecule has 3 N–H and O–H groups in total. The highest BCUT2D eigenvalue weighted by Crippen LogP contribution is 2.22. The molecule has 19 heavy (non-hydrogen) atoms. The summed E-state index contributed by atoms with van der Waals surface area (Å²) in [5.74, 6) is 2.03. The molecule has 0 saturated carbocycles. The zero-order valence-corrected chi connectivity index (χ0v) is 12.0. The summed E-state index contributed by atoms with van der Waals surface area (Å²) in [6.45, 7) is 2.10. The van der Waals surface area contributed by atoms with E-state index >= 15 is 0 Å². The summed E-state index contributed by atoms with van der Waals surface area (Å²) in [4.78, 5) is 9.90. The Kier molecular flexibility index (Phi) is 4.63. The van der Waals surface area contributed by atoms with Crippen molar-refractivity contribution in [2.24, 2.45) is 0 Å². The van der Waals surface area contributed by atoms with Crippen molar-refractivity contribution in [3.05, 3.63) is 36.2 Å². The zero-order valence-electron chi connectivity index (χ0n) is 11.2. The monoisotopic (exact) mass is 274 g/mol. The van der Waals surface area contributed by atoms with E-state index in [2.05, 4.69) is 40.6 Å². The minimum atomic E-state index is 0.502. The molecular formula is C14H18N4S. The van der Waals surface area contributed by atoms with Crippen LogP contribution in [0.1, 0.15) is 19.2 Å². The first-order chi connectivity index (χ1) is 9.21. The van der Waals surface area contributed by atoms with Gasteiger partial charge in [0.15, 0.2) is 0 Å². The number of hydrogen-bond donors (Lipinski definition) is 2. The normalized spacial score (nSPS) is 10.4. The molecule has 2 rings (SSSR count). The zero-order chi connectivity index (χ0) is 13.7. The lowest BCUT2D eigenvalue weighted by molar-refractivity contribution is 0.839. The first-order valence-corrected chi connectivity index (χ1v) is 7.48. The fraction of sp³-hybridized carbons (Fsp3) is 0.286. The summed E-state index contributed by atoms with van der Waals surface area (Å²) < 4.78 is 0. The van der Waals surface area contributed by atoms with E-state index in [0.29, 0.717) is 5.82 Å². The fourth-order valence-electron chi connectivity index (χ4n) is 1.77. The Balaban J connectivity index is 2.22. The van der Waals surface area contributed by atoms with Crippen LogP contribution in [-0.2, 0) is 6.42 Å². The lowest BCUT2D eigenvalue weighted by Crippen LogP contribution is -2.03. The number of aryl methyl sites for hydroxylation is 1. The topological polar surface area (TPSA) is 63.8 Å². The van der Waals surface area contributed by atoms with Crippen LogP contribution >= 0.6 is 11.8 Å². The maximum atomic E-state index is 5.80. The Labute approximate surface area is 117 Å². The molecule has 0 aliphatic heterocycles. The average molecular weight is 274 g/mol. The first kappa shape index (κ1) is 13.7. The summed E-state index contributed by atoms with van der Waals surface area (Å²) in [6, 6.07) is 9.95. The van der Waals surface area contributed by atoms with Crippen molar-refractivity contribution in [1.82, 2.24) is 9.97 Å². The number of rotatable bonds is 5. The Morgan fingerprint density at radius 1 is 1.26 bits per heavy atom. The standard InChI is InChI=1S/C14H18N4S/c1-3-5-13-17-12(15)9-14(18-13)16-10-6-4-7-11(8-10)19-2/h4,6-9H,3,5H2,1-2H3,(H3,15,16,17,18). The summed E-state index contributed by atoms with van der Waals surface area (Å²) >= 11 is 1.71. The number of nitrogens with one attached hydrogen (secondary N) is 1. The van der Waals surface area contributed by atoms with Crippen molar-refractivity contribution in [1.29, 1.82) is 0 Å². The third kappa shape index (κ3) is 3.86. The predicted octanol–water partition coefficient (Wildman–Crippen LogP) is 3.48. The van der Waals surface area contributed by atoms with E-state index < -0.39 is 0 Å². The third-order valence-corrected chi connectivity index (χ3v) is 3.33. The lowest BCUT2D eigenvalue weighted by atomic mass is 10.3. The average Bonchev–Trinajstić information content (AvgIpc) is 2.38. The van der Waals surface area contributed by atoms with Crippen LogP contribution in [0.2, 0.25) is 0 Å². The summed E-state index contributed by atoms with van der Waals surface area (Å²) in [6.07, 6.45) is 3.90. The highest BCUT2D eigenvalue weighted by molar-refractivity contribution is 7.98. The number of nitrogens with zero attached hydrogens (tertiary/aromatic N) is 2. The lowest BCUT2D eigenvalue weighted by Gasteiger charge is -2.09. The summed E-state index contributed by atoms with van der Waals surface area (Å²) in [5, 5.41) is 3.27. The van der Waals surface area contributed by atoms with Crippen molar-refractivity contribution < 1.29 is 0 Å². The van der Waals surface area contributed by atoms with Crippen molar-refractivity contribution in [2.45, 2.75) is 24.7 Å². The number of nitrogens with two attached hydrogens (primary N) is 1. The van der Waals surface area contributed by atoms with Gasteiger partial charge in [-0.05, 0) is 30.9 Å². The van der Waals surface area contributed by atoms with Crippen LogP contribution in [0.3, 0.4) is 0 Å². The Morgan fingerprint density at radius 3 is 2.84 bits per heavy atom. The van der Waals surface area contributed by atoms with Gasteiger partial charge in [-0.15, -0.1) is 11.8 Å². The smallest absolute Gasteiger partial charge is 0.136 e. The second-order valence-corrected chi connectivity index (χ2v) is 5.08. The molecule has 4 nitrogen and oxygen atoms in total. The van der Waals surface area contributed by atoms with E-state index in [9.17, 15) is 0 Å². The van der Waals surface area contributed by atoms with Gasteiger partial charge in [0.05, 0.1) is 0 Å². The molecule has 0 fully saturated rings. The van der Waals surface area contributed by atoms with E-state index in [1.165, 1.54) is 4.90 Å². The molecule has 2 aromatic rings. The maximum Gasteiger partial charge on any atom is 0.136 e. The van der Waals surface area contributed by atoms with Gasteiger partial charge in [-0.1, -0.05) is 13.0 Å². The molecule has 0 aliphatic rings. The number of benzene rings is 1. The highest BCUT2D eigenvalue weighted by Gasteiger charge is 2.03. The molecule has 1 aromatic heterocycles. The molecule has 5 heteroatoms. The van der Waals surface area contributed by atoms with Gasteiger partial charge < -0.3 is 11.1 Å². The van der Waals surface area contributed by atoms with Gasteiger partial charge in [-0.25, -0.2) is 9.97 Å². The molecule has 0 amide bonds. The summed E-state index contributed by atoms with van der Waals surface area (Å²) in [5.41, 5.74) is 6.81. The quantitative estimate of drug-likeness (QED) is 0.817. The third-order valence-electron chi connectivity index (χ3n) is 2.61. The minimum absolute atomic E-state index is 0.502.